The first-order chi connectivity index (χ1) is 8.75. The van der Waals surface area contributed by atoms with Crippen LogP contribution >= 0.6 is 10.7 Å². The van der Waals surface area contributed by atoms with E-state index in [4.69, 9.17) is 25.3 Å². The van der Waals surface area contributed by atoms with Crippen LogP contribution in [0.5, 0.6) is 11.5 Å². The predicted octanol–water partition coefficient (Wildman–Crippen LogP) is 1.64. The summed E-state index contributed by atoms with van der Waals surface area (Å²) in [6, 6.07) is 0.959. The van der Waals surface area contributed by atoms with Crippen molar-refractivity contribution >= 4 is 25.7 Å². The van der Waals surface area contributed by atoms with E-state index in [1.165, 1.54) is 7.11 Å². The van der Waals surface area contributed by atoms with Gasteiger partial charge in [-0.05, 0) is 13.0 Å². The van der Waals surface area contributed by atoms with Crippen molar-refractivity contribution in [2.75, 3.05) is 7.11 Å². The molecule has 1 N–H and O–H groups in total. The Bertz CT molecular complexity index is 652. The summed E-state index contributed by atoms with van der Waals surface area (Å²) in [4.78, 5) is 10.8. The topological polar surface area (TPSA) is 89.9 Å². The summed E-state index contributed by atoms with van der Waals surface area (Å²) in [5.41, 5.74) is 0.175. The average Bonchev–Trinajstić information content (AvgIpc) is 2.65. The van der Waals surface area contributed by atoms with Crippen molar-refractivity contribution in [3.05, 3.63) is 17.2 Å². The van der Waals surface area contributed by atoms with Crippen LogP contribution in [0.2, 0.25) is 0 Å². The Labute approximate surface area is 114 Å². The van der Waals surface area contributed by atoms with E-state index in [2.05, 4.69) is 0 Å². The predicted molar refractivity (Wildman–Crippen MR) is 66.8 cm³/mol. The number of carboxylic acids is 1. The molecule has 1 atom stereocenters. The quantitative estimate of drug-likeness (QED) is 0.854. The van der Waals surface area contributed by atoms with Crippen LogP contribution in [0, 0.1) is 0 Å². The molecule has 2 rings (SSSR count). The van der Waals surface area contributed by atoms with E-state index in [0.717, 1.165) is 6.07 Å². The van der Waals surface area contributed by atoms with Crippen molar-refractivity contribution in [1.29, 1.82) is 0 Å². The summed E-state index contributed by atoms with van der Waals surface area (Å²) in [5, 5.41) is 9.13. The van der Waals surface area contributed by atoms with Crippen LogP contribution < -0.4 is 9.47 Å². The van der Waals surface area contributed by atoms with Gasteiger partial charge in [0, 0.05) is 22.7 Å². The second-order valence-electron chi connectivity index (χ2n) is 4.14. The molecule has 0 amide bonds. The molecule has 1 aliphatic rings. The van der Waals surface area contributed by atoms with Crippen molar-refractivity contribution in [2.24, 2.45) is 0 Å². The third kappa shape index (κ3) is 2.35. The lowest BCUT2D eigenvalue weighted by molar-refractivity contribution is 0.0691. The molecule has 1 aromatic rings. The number of methoxy groups -OCH3 is 1. The number of carboxylic acid groups (broad SMARTS) is 1. The van der Waals surface area contributed by atoms with Crippen LogP contribution in [-0.4, -0.2) is 32.7 Å². The number of rotatable bonds is 3. The van der Waals surface area contributed by atoms with Crippen LogP contribution in [0.15, 0.2) is 11.0 Å². The molecule has 1 aromatic carbocycles. The van der Waals surface area contributed by atoms with Gasteiger partial charge in [0.15, 0.2) is 0 Å². The van der Waals surface area contributed by atoms with Gasteiger partial charge in [0.05, 0.1) is 7.11 Å². The molecule has 1 unspecified atom stereocenters. The molecule has 0 aliphatic carbocycles. The van der Waals surface area contributed by atoms with Gasteiger partial charge in [0.2, 0.25) is 0 Å². The minimum atomic E-state index is -4.11. The van der Waals surface area contributed by atoms with Gasteiger partial charge in [0.25, 0.3) is 9.05 Å². The molecule has 19 heavy (non-hydrogen) atoms. The van der Waals surface area contributed by atoms with E-state index in [0.29, 0.717) is 12.0 Å². The highest BCUT2D eigenvalue weighted by atomic mass is 35.7. The molecule has 1 aliphatic heterocycles. The van der Waals surface area contributed by atoms with Gasteiger partial charge >= 0.3 is 5.97 Å². The molecule has 0 radical (unpaired) electrons. The van der Waals surface area contributed by atoms with Crippen molar-refractivity contribution in [3.8, 4) is 11.5 Å². The Morgan fingerprint density at radius 2 is 2.21 bits per heavy atom. The van der Waals surface area contributed by atoms with Crippen molar-refractivity contribution in [3.63, 3.8) is 0 Å². The first-order valence-electron chi connectivity index (χ1n) is 5.34. The average molecular weight is 307 g/mol. The summed E-state index contributed by atoms with van der Waals surface area (Å²) >= 11 is 0. The van der Waals surface area contributed by atoms with Crippen molar-refractivity contribution < 1.29 is 27.8 Å². The largest absolute Gasteiger partial charge is 0.495 e. The van der Waals surface area contributed by atoms with Crippen LogP contribution in [0.3, 0.4) is 0 Å². The molecule has 0 saturated carbocycles. The SMILES string of the molecule is COc1c(S(=O)(=O)Cl)cc(C(=O)O)c2c1CC(C)O2. The number of ether oxygens (including phenoxy) is 2. The Kier molecular flexibility index (Phi) is 3.36. The number of aromatic carboxylic acids is 1. The first-order valence-corrected chi connectivity index (χ1v) is 7.65. The van der Waals surface area contributed by atoms with E-state index < -0.39 is 15.0 Å². The number of carbonyl (C=O) groups is 1. The van der Waals surface area contributed by atoms with Gasteiger partial charge in [0.1, 0.15) is 28.1 Å². The van der Waals surface area contributed by atoms with Crippen LogP contribution in [-0.2, 0) is 15.5 Å². The molecular weight excluding hydrogens is 296 g/mol. The van der Waals surface area contributed by atoms with E-state index >= 15 is 0 Å². The van der Waals surface area contributed by atoms with Gasteiger partial charge in [-0.25, -0.2) is 13.2 Å². The zero-order valence-corrected chi connectivity index (χ0v) is 11.7. The molecule has 6 nitrogen and oxygen atoms in total. The van der Waals surface area contributed by atoms with Crippen LogP contribution in [0.1, 0.15) is 22.8 Å². The highest BCUT2D eigenvalue weighted by Gasteiger charge is 2.33. The Hall–Kier alpha value is -1.47. The summed E-state index contributed by atoms with van der Waals surface area (Å²) in [6.07, 6.45) is 0.106. The molecule has 0 saturated heterocycles. The lowest BCUT2D eigenvalue weighted by Crippen LogP contribution is -2.07. The van der Waals surface area contributed by atoms with Gasteiger partial charge < -0.3 is 14.6 Å². The Morgan fingerprint density at radius 3 is 2.68 bits per heavy atom. The van der Waals surface area contributed by atoms with Crippen LogP contribution in [0.4, 0.5) is 0 Å². The summed E-state index contributed by atoms with van der Waals surface area (Å²) in [5.74, 6) is -1.10. The second kappa shape index (κ2) is 4.57. The number of fused-ring (bicyclic) bond motifs is 1. The Morgan fingerprint density at radius 1 is 1.58 bits per heavy atom. The molecule has 1 heterocycles. The smallest absolute Gasteiger partial charge is 0.339 e. The molecule has 0 fully saturated rings. The zero-order chi connectivity index (χ0) is 14.4. The number of hydrogen-bond donors (Lipinski definition) is 1. The van der Waals surface area contributed by atoms with E-state index in [9.17, 15) is 13.2 Å². The highest BCUT2D eigenvalue weighted by Crippen LogP contribution is 2.43. The third-order valence-electron chi connectivity index (χ3n) is 2.80. The maximum absolute atomic E-state index is 11.5. The lowest BCUT2D eigenvalue weighted by atomic mass is 10.1. The summed E-state index contributed by atoms with van der Waals surface area (Å²) in [7, 11) is 2.50. The first kappa shape index (κ1) is 14.0. The van der Waals surface area contributed by atoms with Gasteiger partial charge in [-0.15, -0.1) is 0 Å². The molecular formula is C11H11ClO6S. The number of halogens is 1. The van der Waals surface area contributed by atoms with Crippen molar-refractivity contribution in [2.45, 2.75) is 24.3 Å². The lowest BCUT2D eigenvalue weighted by Gasteiger charge is -2.12. The Balaban J connectivity index is 2.83. The van der Waals surface area contributed by atoms with Crippen molar-refractivity contribution in [1.82, 2.24) is 0 Å². The molecule has 0 bridgehead atoms. The highest BCUT2D eigenvalue weighted by molar-refractivity contribution is 8.13. The van der Waals surface area contributed by atoms with Gasteiger partial charge in [-0.3, -0.25) is 0 Å². The number of hydrogen-bond acceptors (Lipinski definition) is 5. The fourth-order valence-electron chi connectivity index (χ4n) is 2.09. The number of benzene rings is 1. The van der Waals surface area contributed by atoms with Gasteiger partial charge in [-0.2, -0.15) is 0 Å². The normalized spacial score (nSPS) is 17.7. The molecule has 0 spiro atoms. The van der Waals surface area contributed by atoms with Crippen LogP contribution in [0.25, 0.3) is 0 Å². The summed E-state index contributed by atoms with van der Waals surface area (Å²) < 4.78 is 33.5. The third-order valence-corrected chi connectivity index (χ3v) is 4.13. The monoisotopic (exact) mass is 306 g/mol. The van der Waals surface area contributed by atoms with E-state index in [1.54, 1.807) is 6.92 Å². The minimum absolute atomic E-state index is 0.0411. The standard InChI is InChI=1S/C11H11ClO6S/c1-5-3-6-9(18-5)7(11(13)14)4-8(10(6)17-2)19(12,15)16/h4-5H,3H2,1-2H3,(H,13,14). The zero-order valence-electron chi connectivity index (χ0n) is 10.1. The second-order valence-corrected chi connectivity index (χ2v) is 6.67. The van der Waals surface area contributed by atoms with Gasteiger partial charge in [-0.1, -0.05) is 0 Å². The van der Waals surface area contributed by atoms with E-state index in [-0.39, 0.29) is 28.1 Å². The minimum Gasteiger partial charge on any atom is -0.495 e. The van der Waals surface area contributed by atoms with E-state index in [1.807, 2.05) is 0 Å². The maximum atomic E-state index is 11.5. The molecule has 8 heteroatoms. The maximum Gasteiger partial charge on any atom is 0.339 e. The fraction of sp³-hybridized carbons (Fsp3) is 0.364. The molecule has 104 valence electrons. The summed E-state index contributed by atoms with van der Waals surface area (Å²) in [6.45, 7) is 1.75. The molecule has 0 aromatic heterocycles. The fourth-order valence-corrected chi connectivity index (χ4v) is 3.12.